The summed E-state index contributed by atoms with van der Waals surface area (Å²) >= 11 is 0. The second kappa shape index (κ2) is 7.92. The molecule has 0 spiro atoms. The average Bonchev–Trinajstić information content (AvgIpc) is 3.45. The first-order valence-corrected chi connectivity index (χ1v) is 10.2. The Hall–Kier alpha value is -4.43. The number of benzene rings is 1. The van der Waals surface area contributed by atoms with Crippen LogP contribution < -0.4 is 11.1 Å². The molecule has 5 aromatic rings. The van der Waals surface area contributed by atoms with Gasteiger partial charge in [0, 0.05) is 0 Å². The molecule has 0 unspecified atom stereocenters. The second-order valence-electron chi connectivity index (χ2n) is 7.76. The lowest BCUT2D eigenvalue weighted by molar-refractivity contribution is 0.354. The molecule has 15 nitrogen and oxygen atoms in total. The molecule has 0 saturated carbocycles. The summed E-state index contributed by atoms with van der Waals surface area (Å²) in [4.78, 5) is 33.4. The van der Waals surface area contributed by atoms with E-state index in [2.05, 4.69) is 46.1 Å². The highest BCUT2D eigenvalue weighted by Gasteiger charge is 2.17. The minimum Gasteiger partial charge on any atom is -0.294 e. The smallest absolute Gasteiger partial charge is 0.277 e. The molecule has 0 aliphatic heterocycles. The van der Waals surface area contributed by atoms with Gasteiger partial charge in [0.05, 0.1) is 47.8 Å². The first-order valence-electron chi connectivity index (χ1n) is 10.2. The minimum atomic E-state index is -0.370. The number of aromatic nitrogens is 13. The summed E-state index contributed by atoms with van der Waals surface area (Å²) in [6.45, 7) is 6.04. The van der Waals surface area contributed by atoms with Crippen LogP contribution in [0.1, 0.15) is 31.8 Å². The van der Waals surface area contributed by atoms with Crippen LogP contribution in [0.25, 0.3) is 21.8 Å². The first kappa shape index (κ1) is 20.5. The van der Waals surface area contributed by atoms with Crippen molar-refractivity contribution in [1.82, 2.24) is 65.0 Å². The Labute approximate surface area is 184 Å². The molecule has 2 atom stereocenters. The van der Waals surface area contributed by atoms with E-state index in [0.29, 0.717) is 40.7 Å². The zero-order chi connectivity index (χ0) is 23.1. The van der Waals surface area contributed by atoms with Crippen LogP contribution in [0.3, 0.4) is 0 Å². The summed E-state index contributed by atoms with van der Waals surface area (Å²) in [7, 11) is 0. The Kier molecular flexibility index (Phi) is 4.91. The molecule has 168 valence electrons. The van der Waals surface area contributed by atoms with E-state index < -0.39 is 0 Å². The third-order valence-corrected chi connectivity index (χ3v) is 5.28. The topological polar surface area (TPSA) is 170 Å². The van der Waals surface area contributed by atoms with E-state index in [9.17, 15) is 9.59 Å². The standard InChI is InChI=1S/C18H19N13O2/c1-10(6-29-21-8-20-25-29)28-9-19-15-4-14-16(5-13(15)17(28)32)23-27-31(18(14)33)11(2)7-30-24-12(3)22-26-30/h4-5,8-11H,6-7H2,1-3H3/t10-,11-/m1/s1. The van der Waals surface area contributed by atoms with Crippen molar-refractivity contribution in [2.75, 3.05) is 0 Å². The fourth-order valence-corrected chi connectivity index (χ4v) is 3.60. The monoisotopic (exact) mass is 449 g/mol. The van der Waals surface area contributed by atoms with E-state index in [4.69, 9.17) is 0 Å². The highest BCUT2D eigenvalue weighted by atomic mass is 16.1. The Morgan fingerprint density at radius 3 is 2.36 bits per heavy atom. The normalized spacial score (nSPS) is 13.5. The fourth-order valence-electron chi connectivity index (χ4n) is 3.60. The van der Waals surface area contributed by atoms with Gasteiger partial charge in [0.1, 0.15) is 5.52 Å². The van der Waals surface area contributed by atoms with Crippen LogP contribution in [0.15, 0.2) is 34.4 Å². The number of hydrogen-bond donors (Lipinski definition) is 0. The summed E-state index contributed by atoms with van der Waals surface area (Å²) in [5.41, 5.74) is 0.102. The maximum Gasteiger partial charge on any atom is 0.277 e. The van der Waals surface area contributed by atoms with Crippen molar-refractivity contribution in [3.63, 3.8) is 0 Å². The van der Waals surface area contributed by atoms with Gasteiger partial charge in [-0.3, -0.25) is 14.2 Å². The van der Waals surface area contributed by atoms with Gasteiger partial charge in [-0.2, -0.15) is 9.59 Å². The van der Waals surface area contributed by atoms with Crippen molar-refractivity contribution < 1.29 is 0 Å². The van der Waals surface area contributed by atoms with Crippen molar-refractivity contribution in [1.29, 1.82) is 0 Å². The van der Waals surface area contributed by atoms with E-state index in [1.807, 2.05) is 13.8 Å². The number of fused-ring (bicyclic) bond motifs is 2. The molecule has 0 aliphatic rings. The van der Waals surface area contributed by atoms with Crippen LogP contribution >= 0.6 is 0 Å². The maximum absolute atomic E-state index is 13.1. The molecule has 0 aliphatic carbocycles. The van der Waals surface area contributed by atoms with Gasteiger partial charge in [-0.15, -0.1) is 25.5 Å². The van der Waals surface area contributed by atoms with E-state index in [1.165, 1.54) is 31.5 Å². The zero-order valence-corrected chi connectivity index (χ0v) is 18.0. The maximum atomic E-state index is 13.1. The quantitative estimate of drug-likeness (QED) is 0.300. The highest BCUT2D eigenvalue weighted by molar-refractivity contribution is 5.93. The molecular weight excluding hydrogens is 430 g/mol. The first-order chi connectivity index (χ1) is 15.9. The van der Waals surface area contributed by atoms with E-state index in [1.54, 1.807) is 19.1 Å². The lowest BCUT2D eigenvalue weighted by atomic mass is 10.1. The second-order valence-corrected chi connectivity index (χ2v) is 7.76. The van der Waals surface area contributed by atoms with E-state index in [0.717, 1.165) is 0 Å². The predicted molar refractivity (Wildman–Crippen MR) is 113 cm³/mol. The number of nitrogens with zero attached hydrogens (tertiary/aromatic N) is 13. The molecule has 0 N–H and O–H groups in total. The summed E-state index contributed by atoms with van der Waals surface area (Å²) in [6, 6.07) is 2.47. The molecule has 0 bridgehead atoms. The van der Waals surface area contributed by atoms with Gasteiger partial charge in [-0.1, -0.05) is 5.21 Å². The van der Waals surface area contributed by atoms with Gasteiger partial charge in [0.15, 0.2) is 12.2 Å². The molecule has 4 aromatic heterocycles. The predicted octanol–water partition coefficient (Wildman–Crippen LogP) is -0.695. The van der Waals surface area contributed by atoms with Gasteiger partial charge in [-0.25, -0.2) is 9.67 Å². The van der Waals surface area contributed by atoms with Crippen LogP contribution in [0.5, 0.6) is 0 Å². The molecule has 0 saturated heterocycles. The van der Waals surface area contributed by atoms with Crippen molar-refractivity contribution in [2.24, 2.45) is 0 Å². The van der Waals surface area contributed by atoms with Crippen LogP contribution in [-0.2, 0) is 13.1 Å². The van der Waals surface area contributed by atoms with Crippen molar-refractivity contribution in [2.45, 2.75) is 45.9 Å². The fraction of sp³-hybridized carbons (Fsp3) is 0.389. The SMILES string of the molecule is Cc1nnn(C[C@@H](C)n2nnc3cc4c(=O)n([C@H](C)Cn5ncnn5)cnc4cc3c2=O)n1. The summed E-state index contributed by atoms with van der Waals surface area (Å²) < 4.78 is 2.75. The molecule has 1 aromatic carbocycles. The van der Waals surface area contributed by atoms with E-state index in [-0.39, 0.29) is 23.2 Å². The molecule has 15 heteroatoms. The number of aryl methyl sites for hydroxylation is 1. The molecule has 5 rings (SSSR count). The molecular formula is C18H19N13O2. The molecule has 33 heavy (non-hydrogen) atoms. The van der Waals surface area contributed by atoms with Crippen LogP contribution in [0.2, 0.25) is 0 Å². The van der Waals surface area contributed by atoms with Crippen LogP contribution in [0.4, 0.5) is 0 Å². The van der Waals surface area contributed by atoms with Crippen LogP contribution in [-0.4, -0.2) is 65.0 Å². The van der Waals surface area contributed by atoms with Gasteiger partial charge >= 0.3 is 0 Å². The van der Waals surface area contributed by atoms with Crippen molar-refractivity contribution in [3.05, 3.63) is 51.3 Å². The van der Waals surface area contributed by atoms with Gasteiger partial charge in [0.25, 0.3) is 11.1 Å². The zero-order valence-electron chi connectivity index (χ0n) is 18.0. The Bertz CT molecular complexity index is 1570. The lowest BCUT2D eigenvalue weighted by Gasteiger charge is -2.15. The summed E-state index contributed by atoms with van der Waals surface area (Å²) in [5.74, 6) is 0.536. The molecule has 0 radical (unpaired) electrons. The summed E-state index contributed by atoms with van der Waals surface area (Å²) in [6.07, 6.45) is 2.78. The molecule has 4 heterocycles. The number of hydrogen-bond acceptors (Lipinski definition) is 11. The van der Waals surface area contributed by atoms with Crippen molar-refractivity contribution in [3.8, 4) is 0 Å². The van der Waals surface area contributed by atoms with Gasteiger partial charge < -0.3 is 0 Å². The van der Waals surface area contributed by atoms with Crippen LogP contribution in [0, 0.1) is 6.92 Å². The number of rotatable bonds is 6. The van der Waals surface area contributed by atoms with Gasteiger partial charge in [0.2, 0.25) is 0 Å². The third kappa shape index (κ3) is 3.72. The molecule has 0 fully saturated rings. The highest BCUT2D eigenvalue weighted by Crippen LogP contribution is 2.16. The van der Waals surface area contributed by atoms with Gasteiger partial charge in [-0.05, 0) is 43.3 Å². The Morgan fingerprint density at radius 1 is 0.879 bits per heavy atom. The van der Waals surface area contributed by atoms with E-state index >= 15 is 0 Å². The third-order valence-electron chi connectivity index (χ3n) is 5.28. The van der Waals surface area contributed by atoms with Crippen molar-refractivity contribution >= 4 is 21.8 Å². The summed E-state index contributed by atoms with van der Waals surface area (Å²) in [5, 5.41) is 32.2. The number of tetrazole rings is 2. The Balaban J connectivity index is 1.52. The molecule has 0 amide bonds. The largest absolute Gasteiger partial charge is 0.294 e. The minimum absolute atomic E-state index is 0.263. The lowest BCUT2D eigenvalue weighted by Crippen LogP contribution is -2.30. The Morgan fingerprint density at radius 2 is 1.64 bits per heavy atom. The average molecular weight is 449 g/mol.